The fourth-order valence-corrected chi connectivity index (χ4v) is 10.6. The summed E-state index contributed by atoms with van der Waals surface area (Å²) in [4.78, 5) is 49.5. The maximum Gasteiger partial charge on any atom is 0.248 e. The number of aliphatic hydroxyl groups excluding tert-OH is 1. The van der Waals surface area contributed by atoms with Crippen molar-refractivity contribution in [2.75, 3.05) is 26.2 Å². The van der Waals surface area contributed by atoms with Crippen LogP contribution in [0.5, 0.6) is 0 Å². The zero-order valence-electron chi connectivity index (χ0n) is 27.1. The first-order chi connectivity index (χ1) is 22.8. The second kappa shape index (κ2) is 13.6. The third-order valence-corrected chi connectivity index (χ3v) is 12.2. The number of thioether (sulfide) groups is 1. The monoisotopic (exact) mass is 656 g/mol. The summed E-state index contributed by atoms with van der Waals surface area (Å²) in [5.74, 6) is -1.77. The minimum atomic E-state index is -0.891. The molecular weight excluding hydrogens is 613 g/mol. The van der Waals surface area contributed by atoms with E-state index in [-0.39, 0.29) is 48.7 Å². The van der Waals surface area contributed by atoms with Crippen LogP contribution >= 0.6 is 11.8 Å². The lowest BCUT2D eigenvalue weighted by Crippen LogP contribution is -2.59. The molecule has 4 heterocycles. The van der Waals surface area contributed by atoms with Gasteiger partial charge in [0.05, 0.1) is 34.7 Å². The number of hydrogen-bond donors (Lipinski definition) is 1. The Kier molecular flexibility index (Phi) is 9.57. The average molecular weight is 657 g/mol. The van der Waals surface area contributed by atoms with Gasteiger partial charge in [-0.05, 0) is 42.9 Å². The van der Waals surface area contributed by atoms with Gasteiger partial charge < -0.3 is 19.8 Å². The molecule has 10 nitrogen and oxygen atoms in total. The molecule has 3 saturated heterocycles. The standard InChI is InChI=1S/C36H44N6O4S/c1-5-17-39(18-6-2)33(44)30-29-20-24(4)36(47-29)31(30)34(45)42(26(22-43)21-25-13-9-8-10-14-25)32(36)35(46)40(19-7-3)23-41-28-16-12-11-15-27(28)37-38-41/h5,7-16,24,26,29-32,43H,1,3,6,17-23H2,2,4H3/t24?,26-,29+,30-,31+,32?,36?/m1/s1. The molecule has 3 unspecified atom stereocenters. The quantitative estimate of drug-likeness (QED) is 0.263. The lowest BCUT2D eigenvalue weighted by molar-refractivity contribution is -0.147. The number of para-hydroxylation sites is 1. The van der Waals surface area contributed by atoms with Crippen molar-refractivity contribution in [2.24, 2.45) is 17.8 Å². The number of nitrogens with zero attached hydrogens (tertiary/aromatic N) is 6. The van der Waals surface area contributed by atoms with E-state index in [1.807, 2.05) is 61.5 Å². The fourth-order valence-electron chi connectivity index (χ4n) is 8.21. The summed E-state index contributed by atoms with van der Waals surface area (Å²) in [6.07, 6.45) is 5.30. The predicted molar refractivity (Wildman–Crippen MR) is 183 cm³/mol. The van der Waals surface area contributed by atoms with Crippen LogP contribution in [0.3, 0.4) is 0 Å². The SMILES string of the molecule is C=CCN(Cn1nnc2ccccc21)C(=O)C1N([C@@H](CO)Cc2ccccc2)C(=O)[C@@H]2[C@H](C(=O)N(CC=C)CCC)[C@@H]3CC(C)C12S3. The first-order valence-corrected chi connectivity index (χ1v) is 17.4. The highest BCUT2D eigenvalue weighted by atomic mass is 32.2. The molecule has 248 valence electrons. The molecule has 11 heteroatoms. The molecule has 3 amide bonds. The normalized spacial score (nSPS) is 26.7. The Morgan fingerprint density at radius 3 is 2.49 bits per heavy atom. The zero-order valence-corrected chi connectivity index (χ0v) is 28.0. The van der Waals surface area contributed by atoms with E-state index >= 15 is 4.79 Å². The van der Waals surface area contributed by atoms with Gasteiger partial charge in [-0.25, -0.2) is 4.68 Å². The van der Waals surface area contributed by atoms with Crippen LogP contribution in [0.4, 0.5) is 0 Å². The number of aromatic nitrogens is 3. The Balaban J connectivity index is 1.44. The van der Waals surface area contributed by atoms with Crippen molar-refractivity contribution in [1.29, 1.82) is 0 Å². The molecule has 3 aliphatic heterocycles. The van der Waals surface area contributed by atoms with E-state index in [1.54, 1.807) is 43.3 Å². The number of benzene rings is 2. The highest BCUT2D eigenvalue weighted by molar-refractivity contribution is 8.02. The maximum atomic E-state index is 15.1. The maximum absolute atomic E-state index is 15.1. The molecule has 2 bridgehead atoms. The molecule has 6 rings (SSSR count). The van der Waals surface area contributed by atoms with Crippen molar-refractivity contribution in [3.05, 3.63) is 85.5 Å². The van der Waals surface area contributed by atoms with E-state index in [9.17, 15) is 14.7 Å². The Hall–Kier alpha value is -3.96. The molecule has 0 aliphatic carbocycles. The van der Waals surface area contributed by atoms with Gasteiger partial charge in [0.1, 0.15) is 18.2 Å². The summed E-state index contributed by atoms with van der Waals surface area (Å²) in [6, 6.07) is 15.7. The molecular formula is C36H44N6O4S. The van der Waals surface area contributed by atoms with Crippen LogP contribution in [0.15, 0.2) is 79.9 Å². The van der Waals surface area contributed by atoms with Gasteiger partial charge in [0.2, 0.25) is 17.7 Å². The molecule has 1 N–H and O–H groups in total. The topological polar surface area (TPSA) is 112 Å². The number of amides is 3. The van der Waals surface area contributed by atoms with Crippen molar-refractivity contribution < 1.29 is 19.5 Å². The third kappa shape index (κ3) is 5.57. The van der Waals surface area contributed by atoms with Crippen LogP contribution < -0.4 is 0 Å². The molecule has 3 aliphatic rings. The van der Waals surface area contributed by atoms with Gasteiger partial charge in [0.15, 0.2) is 0 Å². The Morgan fingerprint density at radius 1 is 1.09 bits per heavy atom. The molecule has 1 aromatic heterocycles. The van der Waals surface area contributed by atoms with Gasteiger partial charge in [0, 0.05) is 24.9 Å². The van der Waals surface area contributed by atoms with Crippen LogP contribution in [-0.4, -0.2) is 101 Å². The van der Waals surface area contributed by atoms with E-state index in [1.165, 1.54) is 0 Å². The van der Waals surface area contributed by atoms with Gasteiger partial charge in [-0.2, -0.15) is 0 Å². The Morgan fingerprint density at radius 2 is 1.79 bits per heavy atom. The van der Waals surface area contributed by atoms with Crippen molar-refractivity contribution >= 4 is 40.5 Å². The second-order valence-corrected chi connectivity index (χ2v) is 14.5. The molecule has 0 saturated carbocycles. The highest BCUT2D eigenvalue weighted by Gasteiger charge is 2.77. The zero-order chi connectivity index (χ0) is 33.3. The summed E-state index contributed by atoms with van der Waals surface area (Å²) >= 11 is 1.65. The summed E-state index contributed by atoms with van der Waals surface area (Å²) in [5, 5.41) is 19.4. The Bertz CT molecular complexity index is 1650. The first-order valence-electron chi connectivity index (χ1n) is 16.5. The number of carbonyl (C=O) groups is 3. The third-order valence-electron chi connectivity index (χ3n) is 10.2. The highest BCUT2D eigenvalue weighted by Crippen LogP contribution is 2.69. The van der Waals surface area contributed by atoms with Crippen molar-refractivity contribution in [2.45, 2.75) is 61.9 Å². The van der Waals surface area contributed by atoms with Crippen molar-refractivity contribution in [1.82, 2.24) is 29.7 Å². The minimum Gasteiger partial charge on any atom is -0.394 e. The van der Waals surface area contributed by atoms with Gasteiger partial charge >= 0.3 is 0 Å². The molecule has 0 radical (unpaired) electrons. The lowest BCUT2D eigenvalue weighted by Gasteiger charge is -2.42. The molecule has 3 aromatic rings. The van der Waals surface area contributed by atoms with Gasteiger partial charge in [0.25, 0.3) is 0 Å². The molecule has 2 aromatic carbocycles. The van der Waals surface area contributed by atoms with E-state index in [4.69, 9.17) is 0 Å². The number of fused-ring (bicyclic) bond motifs is 2. The van der Waals surface area contributed by atoms with Crippen molar-refractivity contribution in [3.63, 3.8) is 0 Å². The summed E-state index contributed by atoms with van der Waals surface area (Å²) < 4.78 is 0.854. The van der Waals surface area contributed by atoms with Crippen LogP contribution in [0, 0.1) is 17.8 Å². The minimum absolute atomic E-state index is 0.0117. The number of aliphatic hydroxyl groups is 1. The van der Waals surface area contributed by atoms with Crippen LogP contribution in [0.1, 0.15) is 32.3 Å². The van der Waals surface area contributed by atoms with Crippen LogP contribution in [0.25, 0.3) is 11.0 Å². The number of likely N-dealkylation sites (tertiary alicyclic amines) is 1. The molecule has 7 atom stereocenters. The van der Waals surface area contributed by atoms with Gasteiger partial charge in [-0.1, -0.05) is 73.7 Å². The first kappa shape index (κ1) is 33.0. The molecule has 3 fully saturated rings. The van der Waals surface area contributed by atoms with Gasteiger partial charge in [-0.15, -0.1) is 30.0 Å². The summed E-state index contributed by atoms with van der Waals surface area (Å²) in [6.45, 7) is 12.9. The lowest BCUT2D eigenvalue weighted by atomic mass is 9.65. The largest absolute Gasteiger partial charge is 0.394 e. The fraction of sp³-hybridized carbons (Fsp3) is 0.472. The van der Waals surface area contributed by atoms with Gasteiger partial charge in [-0.3, -0.25) is 14.4 Å². The van der Waals surface area contributed by atoms with Crippen molar-refractivity contribution in [3.8, 4) is 0 Å². The smallest absolute Gasteiger partial charge is 0.248 e. The average Bonchev–Trinajstić information content (AvgIpc) is 3.80. The summed E-state index contributed by atoms with van der Waals surface area (Å²) in [5.41, 5.74) is 2.46. The Labute approximate surface area is 280 Å². The summed E-state index contributed by atoms with van der Waals surface area (Å²) in [7, 11) is 0. The number of carbonyl (C=O) groups excluding carboxylic acids is 3. The number of rotatable bonds is 14. The van der Waals surface area contributed by atoms with E-state index < -0.39 is 28.7 Å². The van der Waals surface area contributed by atoms with Crippen LogP contribution in [0.2, 0.25) is 0 Å². The molecule has 47 heavy (non-hydrogen) atoms. The van der Waals surface area contributed by atoms with E-state index in [0.717, 1.165) is 23.9 Å². The van der Waals surface area contributed by atoms with E-state index in [2.05, 4.69) is 30.4 Å². The second-order valence-electron chi connectivity index (χ2n) is 13.0. The van der Waals surface area contributed by atoms with Crippen LogP contribution in [-0.2, 0) is 27.5 Å². The number of hydrogen-bond acceptors (Lipinski definition) is 7. The predicted octanol–water partition coefficient (Wildman–Crippen LogP) is 3.77. The van der Waals surface area contributed by atoms with E-state index in [0.29, 0.717) is 25.0 Å². The molecule has 1 spiro atoms.